The number of unbranched alkanes of at least 4 members (excludes halogenated alkanes) is 22. The van der Waals surface area contributed by atoms with Crippen LogP contribution in [0.15, 0.2) is 24.3 Å². The highest BCUT2D eigenvalue weighted by atomic mass is 16.5. The number of esters is 1. The molecule has 0 aliphatic rings. The van der Waals surface area contributed by atoms with E-state index in [0.717, 1.165) is 64.2 Å². The molecule has 0 radical (unpaired) electrons. The summed E-state index contributed by atoms with van der Waals surface area (Å²) in [5.41, 5.74) is 0. The number of aliphatic hydroxyl groups excluding tert-OH is 1. The highest BCUT2D eigenvalue weighted by Crippen LogP contribution is 2.16. The molecule has 0 spiro atoms. The number of carbonyl (C=O) groups is 4. The molecule has 52 heavy (non-hydrogen) atoms. The highest BCUT2D eigenvalue weighted by Gasteiger charge is 2.18. The van der Waals surface area contributed by atoms with Crippen LogP contribution in [0.25, 0.3) is 0 Å². The summed E-state index contributed by atoms with van der Waals surface area (Å²) in [5, 5.41) is 22.5. The average molecular weight is 735 g/mol. The Balaban J connectivity index is 4.28. The Morgan fingerprint density at radius 2 is 1.04 bits per heavy atom. The SMILES string of the molecule is CCCCCCC/C=C\CCCCCCCC(=O)OC(/C=C\CCCCCCCCC)CCCCCCCCC(=O)NCC(=O)NC(CO)C(=O)O. The molecule has 0 aliphatic heterocycles. The van der Waals surface area contributed by atoms with Crippen LogP contribution in [0.4, 0.5) is 0 Å². The van der Waals surface area contributed by atoms with Crippen molar-refractivity contribution in [3.63, 3.8) is 0 Å². The quantitative estimate of drug-likeness (QED) is 0.0281. The molecular formula is C43H78N2O7. The van der Waals surface area contributed by atoms with Crippen molar-refractivity contribution in [1.82, 2.24) is 10.6 Å². The average Bonchev–Trinajstić information content (AvgIpc) is 3.13. The maximum atomic E-state index is 12.7. The number of rotatable bonds is 38. The number of aliphatic hydroxyl groups is 1. The number of amides is 2. The second-order valence-corrected chi connectivity index (χ2v) is 14.4. The standard InChI is InChI=1S/C43H78N2O7/c1-3-5-7-9-11-13-14-15-16-17-19-21-27-31-35-42(49)52-38(32-28-24-20-18-12-10-8-6-4-2)33-29-25-22-23-26-30-34-40(47)44-36-41(48)45-39(37-46)43(50)51/h14-15,28,32,38-39,46H,3-13,16-27,29-31,33-37H2,1-2H3,(H,44,47)(H,45,48)(H,50,51)/b15-14-,32-28-. The van der Waals surface area contributed by atoms with Crippen molar-refractivity contribution in [2.45, 2.75) is 212 Å². The van der Waals surface area contributed by atoms with Gasteiger partial charge in [-0.05, 0) is 70.3 Å². The summed E-state index contributed by atoms with van der Waals surface area (Å²) in [7, 11) is 0. The lowest BCUT2D eigenvalue weighted by Crippen LogP contribution is -2.47. The van der Waals surface area contributed by atoms with Crippen molar-refractivity contribution in [2.75, 3.05) is 13.2 Å². The van der Waals surface area contributed by atoms with Crippen LogP contribution in [0.5, 0.6) is 0 Å². The zero-order chi connectivity index (χ0) is 38.3. The first-order chi connectivity index (χ1) is 25.3. The minimum atomic E-state index is -1.38. The Kier molecular flexibility index (Phi) is 36.1. The third-order valence-corrected chi connectivity index (χ3v) is 9.41. The predicted octanol–water partition coefficient (Wildman–Crippen LogP) is 10.0. The molecule has 9 heteroatoms. The second kappa shape index (κ2) is 38.1. The van der Waals surface area contributed by atoms with E-state index in [0.29, 0.717) is 19.3 Å². The number of carbonyl (C=O) groups excluding carboxylic acids is 3. The topological polar surface area (TPSA) is 142 Å². The molecule has 0 bridgehead atoms. The predicted molar refractivity (Wildman–Crippen MR) is 213 cm³/mol. The first kappa shape index (κ1) is 49.3. The number of ether oxygens (including phenoxy) is 1. The summed E-state index contributed by atoms with van der Waals surface area (Å²) < 4.78 is 5.94. The maximum absolute atomic E-state index is 12.7. The molecular weight excluding hydrogens is 656 g/mol. The van der Waals surface area contributed by atoms with E-state index in [1.54, 1.807) is 0 Å². The Morgan fingerprint density at radius 3 is 1.56 bits per heavy atom. The van der Waals surface area contributed by atoms with Gasteiger partial charge in [-0.3, -0.25) is 14.4 Å². The molecule has 0 aliphatic carbocycles. The Hall–Kier alpha value is -2.68. The minimum absolute atomic E-state index is 0.0849. The zero-order valence-electron chi connectivity index (χ0n) is 33.3. The van der Waals surface area contributed by atoms with Crippen molar-refractivity contribution in [3.05, 3.63) is 24.3 Å². The van der Waals surface area contributed by atoms with Gasteiger partial charge in [0.1, 0.15) is 12.1 Å². The molecule has 0 saturated heterocycles. The van der Waals surface area contributed by atoms with Gasteiger partial charge in [-0.1, -0.05) is 141 Å². The fourth-order valence-corrected chi connectivity index (χ4v) is 6.09. The van der Waals surface area contributed by atoms with Gasteiger partial charge >= 0.3 is 11.9 Å². The molecule has 2 amide bonds. The van der Waals surface area contributed by atoms with E-state index in [2.05, 4.69) is 48.8 Å². The van der Waals surface area contributed by atoms with Gasteiger partial charge in [0.05, 0.1) is 13.2 Å². The lowest BCUT2D eigenvalue weighted by atomic mass is 10.0. The molecule has 9 nitrogen and oxygen atoms in total. The van der Waals surface area contributed by atoms with E-state index < -0.39 is 24.5 Å². The van der Waals surface area contributed by atoms with E-state index in [9.17, 15) is 19.2 Å². The van der Waals surface area contributed by atoms with Crippen LogP contribution >= 0.6 is 0 Å². The number of allylic oxidation sites excluding steroid dienone is 3. The third kappa shape index (κ3) is 34.4. The summed E-state index contributed by atoms with van der Waals surface area (Å²) in [4.78, 5) is 47.4. The summed E-state index contributed by atoms with van der Waals surface area (Å²) in [6.07, 6.45) is 40.8. The van der Waals surface area contributed by atoms with Gasteiger partial charge in [0.2, 0.25) is 11.8 Å². The molecule has 2 unspecified atom stereocenters. The van der Waals surface area contributed by atoms with E-state index in [-0.39, 0.29) is 24.5 Å². The van der Waals surface area contributed by atoms with Gasteiger partial charge < -0.3 is 25.6 Å². The van der Waals surface area contributed by atoms with E-state index >= 15 is 0 Å². The fourth-order valence-electron chi connectivity index (χ4n) is 6.09. The van der Waals surface area contributed by atoms with E-state index in [1.807, 2.05) is 0 Å². The minimum Gasteiger partial charge on any atom is -0.480 e. The highest BCUT2D eigenvalue weighted by molar-refractivity contribution is 5.87. The lowest BCUT2D eigenvalue weighted by molar-refractivity contribution is -0.147. The molecule has 0 heterocycles. The summed E-state index contributed by atoms with van der Waals surface area (Å²) in [5.74, 6) is -2.33. The second-order valence-electron chi connectivity index (χ2n) is 14.4. The van der Waals surface area contributed by atoms with Crippen LogP contribution in [-0.4, -0.2) is 59.3 Å². The first-order valence-electron chi connectivity index (χ1n) is 21.2. The van der Waals surface area contributed by atoms with Gasteiger partial charge in [0, 0.05) is 12.8 Å². The normalized spacial score (nSPS) is 12.7. The number of carboxylic acids is 1. The molecule has 0 rings (SSSR count). The largest absolute Gasteiger partial charge is 0.480 e. The van der Waals surface area contributed by atoms with Crippen LogP contribution in [0.2, 0.25) is 0 Å². The molecule has 0 saturated carbocycles. The first-order valence-corrected chi connectivity index (χ1v) is 21.2. The van der Waals surface area contributed by atoms with Gasteiger partial charge in [0.15, 0.2) is 0 Å². The van der Waals surface area contributed by atoms with E-state index in [4.69, 9.17) is 14.9 Å². The maximum Gasteiger partial charge on any atom is 0.328 e. The van der Waals surface area contributed by atoms with Crippen molar-refractivity contribution in [2.24, 2.45) is 0 Å². The third-order valence-electron chi connectivity index (χ3n) is 9.41. The summed E-state index contributed by atoms with van der Waals surface area (Å²) >= 11 is 0. The van der Waals surface area contributed by atoms with E-state index in [1.165, 1.54) is 103 Å². The van der Waals surface area contributed by atoms with Crippen LogP contribution in [0.3, 0.4) is 0 Å². The molecule has 0 aromatic rings. The van der Waals surface area contributed by atoms with Crippen LogP contribution < -0.4 is 10.6 Å². The molecule has 4 N–H and O–H groups in total. The van der Waals surface area contributed by atoms with Crippen LogP contribution in [0, 0.1) is 0 Å². The van der Waals surface area contributed by atoms with Crippen molar-refractivity contribution < 1.29 is 34.1 Å². The number of aliphatic carboxylic acids is 1. The summed E-state index contributed by atoms with van der Waals surface area (Å²) in [6.45, 7) is 3.47. The van der Waals surface area contributed by atoms with Crippen LogP contribution in [-0.2, 0) is 23.9 Å². The fraction of sp³-hybridized carbons (Fsp3) is 0.814. The van der Waals surface area contributed by atoms with Crippen molar-refractivity contribution in [1.29, 1.82) is 0 Å². The molecule has 0 aromatic heterocycles. The monoisotopic (exact) mass is 735 g/mol. The molecule has 302 valence electrons. The van der Waals surface area contributed by atoms with Crippen LogP contribution in [0.1, 0.15) is 200 Å². The Morgan fingerprint density at radius 1 is 0.577 bits per heavy atom. The van der Waals surface area contributed by atoms with Crippen molar-refractivity contribution >= 4 is 23.8 Å². The number of nitrogens with one attached hydrogen (secondary N) is 2. The van der Waals surface area contributed by atoms with Gasteiger partial charge in [0.25, 0.3) is 0 Å². The van der Waals surface area contributed by atoms with Gasteiger partial charge in [-0.2, -0.15) is 0 Å². The molecule has 0 aromatic carbocycles. The lowest BCUT2D eigenvalue weighted by Gasteiger charge is -2.15. The number of hydrogen-bond donors (Lipinski definition) is 4. The number of hydrogen-bond acceptors (Lipinski definition) is 6. The van der Waals surface area contributed by atoms with Gasteiger partial charge in [-0.15, -0.1) is 0 Å². The molecule has 2 atom stereocenters. The molecule has 0 fully saturated rings. The zero-order valence-corrected chi connectivity index (χ0v) is 33.3. The Labute approximate surface area is 317 Å². The summed E-state index contributed by atoms with van der Waals surface area (Å²) in [6, 6.07) is -1.38. The number of carboxylic acid groups (broad SMARTS) is 1. The smallest absolute Gasteiger partial charge is 0.328 e. The Bertz CT molecular complexity index is 936. The van der Waals surface area contributed by atoms with Gasteiger partial charge in [-0.25, -0.2) is 4.79 Å². The van der Waals surface area contributed by atoms with Crippen molar-refractivity contribution in [3.8, 4) is 0 Å².